The van der Waals surface area contributed by atoms with Crippen molar-refractivity contribution in [3.8, 4) is 28.2 Å². The van der Waals surface area contributed by atoms with Gasteiger partial charge in [0, 0.05) is 23.4 Å². The quantitative estimate of drug-likeness (QED) is 0.280. The number of para-hydroxylation sites is 1. The molecule has 0 spiro atoms. The van der Waals surface area contributed by atoms with Gasteiger partial charge in [-0.05, 0) is 69.4 Å². The molecule has 3 nitrogen and oxygen atoms in total. The highest BCUT2D eigenvalue weighted by molar-refractivity contribution is 5.91. The van der Waals surface area contributed by atoms with Crippen LogP contribution in [0.1, 0.15) is 25.0 Å². The molecule has 0 saturated carbocycles. The largest absolute Gasteiger partial charge is 0.292 e. The monoisotopic (exact) mass is 437 g/mol. The SMILES string of the molecule is CC1(C)c2cc(-c3ccc4ccccc4c3)ccc2-n2c(-c3cccnc3)nc3cccc1c32. The third kappa shape index (κ3) is 2.64. The molecule has 3 heteroatoms. The highest BCUT2D eigenvalue weighted by atomic mass is 15.1. The van der Waals surface area contributed by atoms with Gasteiger partial charge in [-0.1, -0.05) is 68.4 Å². The molecule has 0 fully saturated rings. The number of imidazole rings is 1. The van der Waals surface area contributed by atoms with E-state index in [9.17, 15) is 0 Å². The van der Waals surface area contributed by atoms with Crippen molar-refractivity contribution in [1.29, 1.82) is 0 Å². The van der Waals surface area contributed by atoms with Crippen molar-refractivity contribution in [3.05, 3.63) is 115 Å². The predicted molar refractivity (Wildman–Crippen MR) is 139 cm³/mol. The lowest BCUT2D eigenvalue weighted by Gasteiger charge is -2.35. The molecule has 0 bridgehead atoms. The first kappa shape index (κ1) is 19.2. The minimum atomic E-state index is -0.149. The summed E-state index contributed by atoms with van der Waals surface area (Å²) in [5.74, 6) is 0.936. The molecule has 0 radical (unpaired) electrons. The van der Waals surface area contributed by atoms with Crippen molar-refractivity contribution in [2.45, 2.75) is 19.3 Å². The van der Waals surface area contributed by atoms with Crippen molar-refractivity contribution in [2.24, 2.45) is 0 Å². The van der Waals surface area contributed by atoms with Crippen molar-refractivity contribution < 1.29 is 0 Å². The number of hydrogen-bond donors (Lipinski definition) is 0. The van der Waals surface area contributed by atoms with Gasteiger partial charge in [0.15, 0.2) is 0 Å². The molecule has 0 unspecified atom stereocenters. The highest BCUT2D eigenvalue weighted by Crippen LogP contribution is 2.47. The molecule has 0 atom stereocenters. The maximum Gasteiger partial charge on any atom is 0.147 e. The first-order valence-corrected chi connectivity index (χ1v) is 11.7. The molecule has 162 valence electrons. The minimum Gasteiger partial charge on any atom is -0.292 e. The van der Waals surface area contributed by atoms with E-state index in [0.29, 0.717) is 0 Å². The molecule has 4 aromatic carbocycles. The number of benzene rings is 4. The molecule has 34 heavy (non-hydrogen) atoms. The lowest BCUT2D eigenvalue weighted by molar-refractivity contribution is 0.629. The summed E-state index contributed by atoms with van der Waals surface area (Å²) in [4.78, 5) is 9.41. The van der Waals surface area contributed by atoms with E-state index in [0.717, 1.165) is 16.9 Å². The van der Waals surface area contributed by atoms with E-state index in [2.05, 4.69) is 108 Å². The molecule has 0 saturated heterocycles. The van der Waals surface area contributed by atoms with Crippen LogP contribution in [0.5, 0.6) is 0 Å². The van der Waals surface area contributed by atoms with E-state index in [1.807, 2.05) is 12.3 Å². The molecule has 7 rings (SSSR count). The first-order chi connectivity index (χ1) is 16.6. The van der Waals surface area contributed by atoms with Crippen LogP contribution in [0.2, 0.25) is 0 Å². The third-order valence-corrected chi connectivity index (χ3v) is 7.26. The number of nitrogens with zero attached hydrogens (tertiary/aromatic N) is 3. The minimum absolute atomic E-state index is 0.149. The van der Waals surface area contributed by atoms with Gasteiger partial charge in [-0.3, -0.25) is 9.55 Å². The van der Waals surface area contributed by atoms with Crippen LogP contribution in [0.15, 0.2) is 103 Å². The topological polar surface area (TPSA) is 30.7 Å². The molecule has 1 aliphatic rings. The number of pyridine rings is 1. The van der Waals surface area contributed by atoms with Crippen LogP contribution in [-0.4, -0.2) is 14.5 Å². The number of aromatic nitrogens is 3. The van der Waals surface area contributed by atoms with E-state index < -0.39 is 0 Å². The van der Waals surface area contributed by atoms with Crippen LogP contribution in [0, 0.1) is 0 Å². The summed E-state index contributed by atoms with van der Waals surface area (Å²) in [6.07, 6.45) is 3.70. The van der Waals surface area contributed by atoms with Gasteiger partial charge in [0.05, 0.1) is 16.7 Å². The Hall–Kier alpha value is -4.24. The fourth-order valence-electron chi connectivity index (χ4n) is 5.48. The summed E-state index contributed by atoms with van der Waals surface area (Å²) < 4.78 is 2.33. The molecule has 3 heterocycles. The van der Waals surface area contributed by atoms with Crippen LogP contribution >= 0.6 is 0 Å². The summed E-state index contributed by atoms with van der Waals surface area (Å²) in [6, 6.07) is 32.7. The molecule has 0 N–H and O–H groups in total. The Morgan fingerprint density at radius 3 is 2.35 bits per heavy atom. The van der Waals surface area contributed by atoms with E-state index in [1.165, 1.54) is 44.2 Å². The summed E-state index contributed by atoms with van der Waals surface area (Å²) in [7, 11) is 0. The Balaban J connectivity index is 1.50. The Kier molecular flexibility index (Phi) is 3.89. The van der Waals surface area contributed by atoms with Crippen molar-refractivity contribution >= 4 is 21.8 Å². The molecule has 0 aliphatic carbocycles. The average molecular weight is 438 g/mol. The van der Waals surface area contributed by atoms with Gasteiger partial charge in [0.2, 0.25) is 0 Å². The Morgan fingerprint density at radius 2 is 1.50 bits per heavy atom. The van der Waals surface area contributed by atoms with Gasteiger partial charge in [-0.15, -0.1) is 0 Å². The Bertz CT molecular complexity index is 1730. The third-order valence-electron chi connectivity index (χ3n) is 7.26. The number of fused-ring (bicyclic) bond motifs is 3. The summed E-state index contributed by atoms with van der Waals surface area (Å²) in [6.45, 7) is 4.65. The second-order valence-corrected chi connectivity index (χ2v) is 9.60. The fourth-order valence-corrected chi connectivity index (χ4v) is 5.48. The first-order valence-electron chi connectivity index (χ1n) is 11.7. The number of rotatable bonds is 2. The van der Waals surface area contributed by atoms with Crippen LogP contribution in [-0.2, 0) is 5.41 Å². The lowest BCUT2D eigenvalue weighted by atomic mass is 9.74. The van der Waals surface area contributed by atoms with Crippen molar-refractivity contribution in [2.75, 3.05) is 0 Å². The normalized spacial score (nSPS) is 13.8. The summed E-state index contributed by atoms with van der Waals surface area (Å²) >= 11 is 0. The Morgan fingerprint density at radius 1 is 0.676 bits per heavy atom. The standard InChI is InChI=1S/C31H23N3/c1-31(2)25-10-5-11-27-29(25)34(30(33-27)24-9-6-16-32-19-24)28-15-14-23(18-26(28)31)22-13-12-20-7-3-4-8-21(20)17-22/h3-19H,1-2H3. The molecule has 2 aromatic heterocycles. The van der Waals surface area contributed by atoms with Gasteiger partial charge >= 0.3 is 0 Å². The maximum absolute atomic E-state index is 5.06. The van der Waals surface area contributed by atoms with E-state index in [4.69, 9.17) is 4.98 Å². The van der Waals surface area contributed by atoms with Crippen molar-refractivity contribution in [1.82, 2.24) is 14.5 Å². The molecular weight excluding hydrogens is 414 g/mol. The van der Waals surface area contributed by atoms with E-state index >= 15 is 0 Å². The van der Waals surface area contributed by atoms with Gasteiger partial charge in [-0.25, -0.2) is 4.98 Å². The average Bonchev–Trinajstić information content (AvgIpc) is 3.28. The molecule has 6 aromatic rings. The van der Waals surface area contributed by atoms with Crippen LogP contribution in [0.4, 0.5) is 0 Å². The molecular formula is C31H23N3. The van der Waals surface area contributed by atoms with Crippen LogP contribution in [0.3, 0.4) is 0 Å². The van der Waals surface area contributed by atoms with E-state index in [1.54, 1.807) is 6.20 Å². The fraction of sp³-hybridized carbons (Fsp3) is 0.0968. The highest BCUT2D eigenvalue weighted by Gasteiger charge is 2.35. The maximum atomic E-state index is 5.06. The van der Waals surface area contributed by atoms with E-state index in [-0.39, 0.29) is 5.41 Å². The zero-order valence-electron chi connectivity index (χ0n) is 19.2. The Labute approximate surface area is 198 Å². The molecule has 0 amide bonds. The predicted octanol–water partition coefficient (Wildman–Crippen LogP) is 7.55. The van der Waals surface area contributed by atoms with Gasteiger partial charge in [0.1, 0.15) is 5.82 Å². The summed E-state index contributed by atoms with van der Waals surface area (Å²) in [5, 5.41) is 2.53. The number of hydrogen-bond acceptors (Lipinski definition) is 2. The second-order valence-electron chi connectivity index (χ2n) is 9.60. The smallest absolute Gasteiger partial charge is 0.147 e. The summed E-state index contributed by atoms with van der Waals surface area (Å²) in [5.41, 5.74) is 9.35. The van der Waals surface area contributed by atoms with Crippen molar-refractivity contribution in [3.63, 3.8) is 0 Å². The van der Waals surface area contributed by atoms with Gasteiger partial charge < -0.3 is 0 Å². The molecule has 1 aliphatic heterocycles. The lowest BCUT2D eigenvalue weighted by Crippen LogP contribution is -2.26. The second kappa shape index (κ2) is 6.88. The van der Waals surface area contributed by atoms with Gasteiger partial charge in [-0.2, -0.15) is 0 Å². The van der Waals surface area contributed by atoms with Crippen LogP contribution in [0.25, 0.3) is 50.0 Å². The zero-order valence-corrected chi connectivity index (χ0v) is 19.2. The zero-order chi connectivity index (χ0) is 22.9. The van der Waals surface area contributed by atoms with Crippen LogP contribution < -0.4 is 0 Å². The van der Waals surface area contributed by atoms with Gasteiger partial charge in [0.25, 0.3) is 0 Å².